The zero-order valence-electron chi connectivity index (χ0n) is 16.2. The molecule has 0 aliphatic heterocycles. The van der Waals surface area contributed by atoms with E-state index in [0.717, 1.165) is 24.7 Å². The smallest absolute Gasteiger partial charge is 0.0539 e. The second-order valence-electron chi connectivity index (χ2n) is 9.25. The van der Waals surface area contributed by atoms with E-state index in [9.17, 15) is 4.91 Å². The van der Waals surface area contributed by atoms with Crippen LogP contribution in [0.25, 0.3) is 0 Å². The van der Waals surface area contributed by atoms with Crippen LogP contribution >= 0.6 is 0 Å². The van der Waals surface area contributed by atoms with E-state index >= 15 is 0 Å². The van der Waals surface area contributed by atoms with Gasteiger partial charge in [-0.15, -0.1) is 4.91 Å². The summed E-state index contributed by atoms with van der Waals surface area (Å²) in [4.78, 5) is 11.9. The Morgan fingerprint density at radius 3 is 1.48 bits per heavy atom. The van der Waals surface area contributed by atoms with Crippen molar-refractivity contribution >= 4 is 0 Å². The highest BCUT2D eigenvalue weighted by Gasteiger charge is 2.42. The molecule has 2 saturated carbocycles. The zero-order valence-corrected chi connectivity index (χ0v) is 16.2. The van der Waals surface area contributed by atoms with Crippen LogP contribution in [0.2, 0.25) is 0 Å². The standard InChI is InChI=1S/C20H38N2O/c1-13(2)17-9-7-15(5)11-19(17)22(21-23)20-12-16(6)8-10-18(20)14(3)4/h13-20H,7-12H2,1-6H3. The average Bonchev–Trinajstić information content (AvgIpc) is 2.47. The van der Waals surface area contributed by atoms with Crippen LogP contribution in [-0.2, 0) is 0 Å². The number of rotatable bonds is 5. The quantitative estimate of drug-likeness (QED) is 0.467. The molecule has 6 unspecified atom stereocenters. The van der Waals surface area contributed by atoms with Crippen molar-refractivity contribution in [3.8, 4) is 0 Å². The third kappa shape index (κ3) is 4.28. The molecular weight excluding hydrogens is 284 g/mol. The Hall–Kier alpha value is -0.600. The van der Waals surface area contributed by atoms with Gasteiger partial charge in [-0.05, 0) is 61.2 Å². The van der Waals surface area contributed by atoms with Crippen LogP contribution in [0.5, 0.6) is 0 Å². The van der Waals surface area contributed by atoms with E-state index in [1.54, 1.807) is 0 Å². The van der Waals surface area contributed by atoms with E-state index in [1.807, 2.05) is 0 Å². The molecule has 23 heavy (non-hydrogen) atoms. The molecule has 3 nitrogen and oxygen atoms in total. The Labute approximate surface area is 143 Å². The fourth-order valence-corrected chi connectivity index (χ4v) is 5.28. The Morgan fingerprint density at radius 2 is 1.17 bits per heavy atom. The van der Waals surface area contributed by atoms with Crippen molar-refractivity contribution in [2.45, 2.75) is 92.2 Å². The minimum absolute atomic E-state index is 0.354. The largest absolute Gasteiger partial charge is 0.254 e. The molecule has 0 N–H and O–H groups in total. The van der Waals surface area contributed by atoms with Crippen molar-refractivity contribution < 1.29 is 0 Å². The third-order valence-corrected chi connectivity index (χ3v) is 6.75. The fraction of sp³-hybridized carbons (Fsp3) is 1.00. The van der Waals surface area contributed by atoms with Gasteiger partial charge in [0.25, 0.3) is 0 Å². The van der Waals surface area contributed by atoms with Crippen LogP contribution in [0.1, 0.15) is 80.1 Å². The number of hydrogen-bond donors (Lipinski definition) is 0. The first kappa shape index (κ1) is 18.7. The van der Waals surface area contributed by atoms with Gasteiger partial charge in [0.1, 0.15) is 0 Å². The lowest BCUT2D eigenvalue weighted by atomic mass is 9.70. The van der Waals surface area contributed by atoms with Gasteiger partial charge in [-0.2, -0.15) is 0 Å². The maximum atomic E-state index is 11.9. The topological polar surface area (TPSA) is 32.7 Å². The van der Waals surface area contributed by atoms with Crippen LogP contribution in [0.4, 0.5) is 0 Å². The summed E-state index contributed by atoms with van der Waals surface area (Å²) in [5.41, 5.74) is 0. The zero-order chi connectivity index (χ0) is 17.1. The molecule has 6 atom stereocenters. The molecule has 0 aromatic carbocycles. The van der Waals surface area contributed by atoms with Crippen molar-refractivity contribution in [2.75, 3.05) is 0 Å². The summed E-state index contributed by atoms with van der Waals surface area (Å²) < 4.78 is 0. The molecule has 0 radical (unpaired) electrons. The first-order valence-electron chi connectivity index (χ1n) is 9.96. The molecule has 0 heterocycles. The van der Waals surface area contributed by atoms with Gasteiger partial charge in [-0.25, -0.2) is 0 Å². The first-order valence-corrected chi connectivity index (χ1v) is 9.96. The minimum Gasteiger partial charge on any atom is -0.254 e. The van der Waals surface area contributed by atoms with Gasteiger partial charge in [0.15, 0.2) is 0 Å². The molecule has 2 rings (SSSR count). The fourth-order valence-electron chi connectivity index (χ4n) is 5.28. The van der Waals surface area contributed by atoms with Crippen LogP contribution in [-0.4, -0.2) is 17.1 Å². The second kappa shape index (κ2) is 7.98. The van der Waals surface area contributed by atoms with Gasteiger partial charge in [-0.3, -0.25) is 5.01 Å². The van der Waals surface area contributed by atoms with Gasteiger partial charge < -0.3 is 0 Å². The van der Waals surface area contributed by atoms with Crippen LogP contribution < -0.4 is 0 Å². The molecule has 0 bridgehead atoms. The summed E-state index contributed by atoms with van der Waals surface area (Å²) in [5, 5.41) is 5.71. The normalized spacial score (nSPS) is 38.8. The number of nitroso groups, excluding NO2 is 1. The van der Waals surface area contributed by atoms with Crippen LogP contribution in [0, 0.1) is 40.4 Å². The Morgan fingerprint density at radius 1 is 0.783 bits per heavy atom. The SMILES string of the molecule is CC1CCC(C(C)C)C(N(N=O)C2CC(C)CCC2C(C)C)C1. The lowest BCUT2D eigenvalue weighted by molar-refractivity contribution is -0.0226. The van der Waals surface area contributed by atoms with E-state index < -0.39 is 0 Å². The van der Waals surface area contributed by atoms with E-state index in [-0.39, 0.29) is 0 Å². The van der Waals surface area contributed by atoms with Gasteiger partial charge in [0, 0.05) is 0 Å². The molecule has 2 aliphatic carbocycles. The van der Waals surface area contributed by atoms with E-state index in [0.29, 0.717) is 35.8 Å². The summed E-state index contributed by atoms with van der Waals surface area (Å²) in [5.74, 6) is 3.95. The molecular formula is C20H38N2O. The van der Waals surface area contributed by atoms with E-state index in [4.69, 9.17) is 0 Å². The Kier molecular flexibility index (Phi) is 6.50. The molecule has 0 aromatic heterocycles. The number of nitrogens with zero attached hydrogens (tertiary/aromatic N) is 2. The van der Waals surface area contributed by atoms with Gasteiger partial charge in [0.05, 0.1) is 17.4 Å². The highest BCUT2D eigenvalue weighted by molar-refractivity contribution is 4.93. The Balaban J connectivity index is 2.25. The van der Waals surface area contributed by atoms with Crippen LogP contribution in [0.15, 0.2) is 5.29 Å². The summed E-state index contributed by atoms with van der Waals surface area (Å²) in [6, 6.07) is 0.709. The predicted molar refractivity (Wildman–Crippen MR) is 97.9 cm³/mol. The predicted octanol–water partition coefficient (Wildman–Crippen LogP) is 5.89. The lowest BCUT2D eigenvalue weighted by Gasteiger charge is -2.48. The molecule has 0 amide bonds. The first-order chi connectivity index (χ1) is 10.8. The Bertz CT molecular complexity index is 350. The maximum Gasteiger partial charge on any atom is 0.0539 e. The summed E-state index contributed by atoms with van der Waals surface area (Å²) in [6.07, 6.45) is 7.41. The molecule has 0 saturated heterocycles. The monoisotopic (exact) mass is 322 g/mol. The molecule has 2 fully saturated rings. The van der Waals surface area contributed by atoms with Crippen molar-refractivity contribution in [1.29, 1.82) is 0 Å². The van der Waals surface area contributed by atoms with Crippen molar-refractivity contribution in [3.05, 3.63) is 4.91 Å². The highest BCUT2D eigenvalue weighted by atomic mass is 16.3. The molecule has 3 heteroatoms. The minimum atomic E-state index is 0.354. The van der Waals surface area contributed by atoms with Crippen molar-refractivity contribution in [1.82, 2.24) is 5.01 Å². The van der Waals surface area contributed by atoms with Gasteiger partial charge >= 0.3 is 0 Å². The second-order valence-corrected chi connectivity index (χ2v) is 9.25. The van der Waals surface area contributed by atoms with Crippen LogP contribution in [0.3, 0.4) is 0 Å². The highest BCUT2D eigenvalue weighted by Crippen LogP contribution is 2.42. The van der Waals surface area contributed by atoms with E-state index in [1.165, 1.54) is 25.7 Å². The summed E-state index contributed by atoms with van der Waals surface area (Å²) >= 11 is 0. The maximum absolute atomic E-state index is 11.9. The van der Waals surface area contributed by atoms with Gasteiger partial charge in [-0.1, -0.05) is 54.4 Å². The molecule has 134 valence electrons. The summed E-state index contributed by atoms with van der Waals surface area (Å²) in [7, 11) is 0. The average molecular weight is 323 g/mol. The van der Waals surface area contributed by atoms with E-state index in [2.05, 4.69) is 51.8 Å². The summed E-state index contributed by atoms with van der Waals surface area (Å²) in [6.45, 7) is 14.0. The molecule has 2 aliphatic rings. The molecule has 0 aromatic rings. The molecule has 0 spiro atoms. The number of hydrogen-bond acceptors (Lipinski definition) is 2. The van der Waals surface area contributed by atoms with Crippen molar-refractivity contribution in [3.63, 3.8) is 0 Å². The third-order valence-electron chi connectivity index (χ3n) is 6.75. The van der Waals surface area contributed by atoms with Gasteiger partial charge in [0.2, 0.25) is 0 Å². The lowest BCUT2D eigenvalue weighted by Crippen LogP contribution is -2.52. The van der Waals surface area contributed by atoms with Crippen molar-refractivity contribution in [2.24, 2.45) is 40.8 Å².